The zero-order valence-corrected chi connectivity index (χ0v) is 35.7. The lowest BCUT2D eigenvalue weighted by atomic mass is 10.2. The van der Waals surface area contributed by atoms with Crippen molar-refractivity contribution in [3.05, 3.63) is 114 Å². The van der Waals surface area contributed by atoms with Crippen LogP contribution in [0.25, 0.3) is 22.2 Å². The topological polar surface area (TPSA) is 147 Å². The van der Waals surface area contributed by atoms with Gasteiger partial charge < -0.3 is 37.9 Å². The molecule has 2 aliphatic rings. The molecule has 2 amide bonds. The van der Waals surface area contributed by atoms with Crippen LogP contribution in [0.4, 0.5) is 11.4 Å². The number of amides is 2. The SMILES string of the molecule is COc1cc(N2CCN(C(=O)CCl)CC2)ccc1Cl.COc1cc(N2CCN(C(=O)Cn3c(=O)oc4cc(Cl)ccc43)CC2)ccc1Cl.O=c1[nH]c2ccc(Cl)cc2o1. The number of alkyl halides is 1. The first-order chi connectivity index (χ1) is 28.4. The van der Waals surface area contributed by atoms with Crippen LogP contribution in [0.1, 0.15) is 0 Å². The van der Waals surface area contributed by atoms with Crippen LogP contribution in [-0.4, -0.2) is 104 Å². The number of hydrogen-bond acceptors (Lipinski definition) is 10. The smallest absolute Gasteiger partial charge is 0.420 e. The normalized spacial score (nSPS) is 14.1. The maximum atomic E-state index is 12.8. The second-order valence-corrected chi connectivity index (χ2v) is 15.2. The Kier molecular flexibility index (Phi) is 14.7. The maximum Gasteiger partial charge on any atom is 0.420 e. The molecule has 0 atom stereocenters. The third-order valence-electron chi connectivity index (χ3n) is 9.69. The van der Waals surface area contributed by atoms with Crippen molar-refractivity contribution in [2.45, 2.75) is 6.54 Å². The van der Waals surface area contributed by atoms with E-state index in [1.165, 1.54) is 4.57 Å². The van der Waals surface area contributed by atoms with Gasteiger partial charge in [0, 0.05) is 98.0 Å². The Balaban J connectivity index is 0.000000166. The van der Waals surface area contributed by atoms with Gasteiger partial charge in [-0.1, -0.05) is 46.4 Å². The van der Waals surface area contributed by atoms with Crippen molar-refractivity contribution >= 4 is 103 Å². The molecular formula is C40H39Cl5N6O8. The van der Waals surface area contributed by atoms with Crippen molar-refractivity contribution < 1.29 is 27.9 Å². The highest BCUT2D eigenvalue weighted by molar-refractivity contribution is 6.32. The largest absolute Gasteiger partial charge is 0.495 e. The molecule has 0 radical (unpaired) electrons. The van der Waals surface area contributed by atoms with Crippen molar-refractivity contribution in [3.8, 4) is 11.5 Å². The molecule has 0 spiro atoms. The zero-order chi connectivity index (χ0) is 42.2. The van der Waals surface area contributed by atoms with Crippen LogP contribution in [0.2, 0.25) is 20.1 Å². The van der Waals surface area contributed by atoms with Gasteiger partial charge >= 0.3 is 11.5 Å². The molecule has 8 rings (SSSR count). The van der Waals surface area contributed by atoms with Crippen LogP contribution < -0.4 is 30.8 Å². The molecule has 1 N–H and O–H groups in total. The van der Waals surface area contributed by atoms with Crippen LogP contribution in [-0.2, 0) is 16.1 Å². The molecule has 0 saturated carbocycles. The van der Waals surface area contributed by atoms with Crippen molar-refractivity contribution in [1.82, 2.24) is 19.4 Å². The summed E-state index contributed by atoms with van der Waals surface area (Å²) in [6.07, 6.45) is 0. The molecule has 0 aliphatic carbocycles. The second-order valence-electron chi connectivity index (χ2n) is 13.2. The fourth-order valence-corrected chi connectivity index (χ4v) is 7.43. The summed E-state index contributed by atoms with van der Waals surface area (Å²) in [5.74, 6) is 0.180. The molecule has 4 heterocycles. The van der Waals surface area contributed by atoms with Crippen molar-refractivity contribution in [2.24, 2.45) is 0 Å². The Morgan fingerprint density at radius 1 is 0.644 bits per heavy atom. The molecule has 59 heavy (non-hydrogen) atoms. The Morgan fingerprint density at radius 3 is 1.68 bits per heavy atom. The van der Waals surface area contributed by atoms with Crippen LogP contribution in [0.15, 0.2) is 91.2 Å². The van der Waals surface area contributed by atoms with Crippen LogP contribution in [0.5, 0.6) is 11.5 Å². The van der Waals surface area contributed by atoms with E-state index in [4.69, 9.17) is 76.3 Å². The maximum absolute atomic E-state index is 12.8. The number of methoxy groups -OCH3 is 2. The molecule has 4 aromatic carbocycles. The van der Waals surface area contributed by atoms with Gasteiger partial charge in [-0.15, -0.1) is 11.6 Å². The first-order valence-electron chi connectivity index (χ1n) is 18.2. The third kappa shape index (κ3) is 10.8. The quantitative estimate of drug-likeness (QED) is 0.162. The molecule has 312 valence electrons. The Hall–Kier alpha value is -4.99. The molecule has 2 saturated heterocycles. The first-order valence-corrected chi connectivity index (χ1v) is 20.3. The van der Waals surface area contributed by atoms with E-state index >= 15 is 0 Å². The molecule has 0 bridgehead atoms. The summed E-state index contributed by atoms with van der Waals surface area (Å²) in [5, 5.41) is 2.19. The molecule has 2 aromatic heterocycles. The number of piperazine rings is 2. The van der Waals surface area contributed by atoms with Gasteiger partial charge in [-0.25, -0.2) is 9.59 Å². The summed E-state index contributed by atoms with van der Waals surface area (Å²) in [6.45, 7) is 5.34. The summed E-state index contributed by atoms with van der Waals surface area (Å²) < 4.78 is 21.8. The minimum atomic E-state index is -0.567. The molecule has 0 unspecified atom stereocenters. The van der Waals surface area contributed by atoms with Gasteiger partial charge in [-0.05, 0) is 48.5 Å². The van der Waals surface area contributed by atoms with E-state index in [9.17, 15) is 19.2 Å². The molecular weight excluding hydrogens is 870 g/mol. The monoisotopic (exact) mass is 906 g/mol. The highest BCUT2D eigenvalue weighted by Crippen LogP contribution is 2.31. The summed E-state index contributed by atoms with van der Waals surface area (Å²) in [7, 11) is 3.18. The van der Waals surface area contributed by atoms with E-state index in [0.29, 0.717) is 93.1 Å². The lowest BCUT2D eigenvalue weighted by Gasteiger charge is -2.36. The van der Waals surface area contributed by atoms with E-state index in [2.05, 4.69) is 14.8 Å². The number of ether oxygens (including phenoxy) is 2. The highest BCUT2D eigenvalue weighted by atomic mass is 35.5. The summed E-state index contributed by atoms with van der Waals surface area (Å²) >= 11 is 29.2. The number of nitrogens with one attached hydrogen (secondary N) is 1. The number of benzene rings is 4. The number of carbonyl (C=O) groups is 2. The van der Waals surface area contributed by atoms with Crippen LogP contribution in [0, 0.1) is 0 Å². The fourth-order valence-electron chi connectivity index (χ4n) is 6.55. The van der Waals surface area contributed by atoms with Crippen LogP contribution in [0.3, 0.4) is 0 Å². The molecule has 14 nitrogen and oxygen atoms in total. The average molecular weight is 909 g/mol. The molecule has 2 fully saturated rings. The van der Waals surface area contributed by atoms with Gasteiger partial charge in [0.05, 0.1) is 35.3 Å². The lowest BCUT2D eigenvalue weighted by molar-refractivity contribution is -0.132. The van der Waals surface area contributed by atoms with E-state index < -0.39 is 11.5 Å². The molecule has 6 aromatic rings. The van der Waals surface area contributed by atoms with Gasteiger partial charge in [0.25, 0.3) is 0 Å². The van der Waals surface area contributed by atoms with Crippen molar-refractivity contribution in [1.29, 1.82) is 0 Å². The van der Waals surface area contributed by atoms with E-state index in [1.54, 1.807) is 66.5 Å². The summed E-state index contributed by atoms with van der Waals surface area (Å²) in [6, 6.07) is 21.2. The van der Waals surface area contributed by atoms with Gasteiger partial charge in [0.1, 0.15) is 23.9 Å². The number of hydrogen-bond donors (Lipinski definition) is 1. The Labute approximate surface area is 363 Å². The average Bonchev–Trinajstić information content (AvgIpc) is 3.77. The Bertz CT molecular complexity index is 2540. The van der Waals surface area contributed by atoms with Crippen molar-refractivity contribution in [3.63, 3.8) is 0 Å². The lowest BCUT2D eigenvalue weighted by Crippen LogP contribution is -2.50. The van der Waals surface area contributed by atoms with E-state index in [1.807, 2.05) is 30.3 Å². The van der Waals surface area contributed by atoms with E-state index in [-0.39, 0.29) is 24.2 Å². The number of aromatic nitrogens is 2. The molecule has 19 heteroatoms. The number of oxazole rings is 2. The van der Waals surface area contributed by atoms with Gasteiger partial charge in [-0.3, -0.25) is 19.1 Å². The molecule has 2 aliphatic heterocycles. The van der Waals surface area contributed by atoms with Crippen LogP contribution >= 0.6 is 58.0 Å². The van der Waals surface area contributed by atoms with Gasteiger partial charge in [0.15, 0.2) is 11.2 Å². The number of carbonyl (C=O) groups excluding carboxylic acids is 2. The number of fused-ring (bicyclic) bond motifs is 2. The standard InChI is InChI=1S/C20H19Cl2N3O4.C13H16Cl2N2O2.C7H4ClNO2/c1-28-17-11-14(3-4-15(17)22)23-6-8-24(9-7-23)19(26)12-25-16-5-2-13(21)10-18(16)29-20(25)27;1-19-12-8-10(2-3-11(12)15)16-4-6-17(7-5-16)13(18)9-14;8-4-1-2-5-6(3-4)11-7(10)9-5/h2-5,10-11H,6-9,12H2,1H3;2-3,8H,4-7,9H2,1H3;1-3H,(H,9,10). The number of halogens is 5. The number of aromatic amines is 1. The minimum Gasteiger partial charge on any atom is -0.495 e. The summed E-state index contributed by atoms with van der Waals surface area (Å²) in [4.78, 5) is 57.5. The first kappa shape index (κ1) is 43.6. The predicted octanol–water partition coefficient (Wildman–Crippen LogP) is 7.27. The summed E-state index contributed by atoms with van der Waals surface area (Å²) in [5.41, 5.74) is 4.13. The number of nitrogens with zero attached hydrogens (tertiary/aromatic N) is 5. The fraction of sp³-hybridized carbons (Fsp3) is 0.300. The third-order valence-corrected chi connectivity index (χ3v) is 11.0. The van der Waals surface area contributed by atoms with E-state index in [0.717, 1.165) is 24.5 Å². The number of H-pyrrole nitrogens is 1. The van der Waals surface area contributed by atoms with Gasteiger partial charge in [0.2, 0.25) is 11.8 Å². The van der Waals surface area contributed by atoms with Crippen molar-refractivity contribution in [2.75, 3.05) is 82.3 Å². The second kappa shape index (κ2) is 19.8. The Morgan fingerprint density at radius 2 is 1.15 bits per heavy atom. The van der Waals surface area contributed by atoms with Gasteiger partial charge in [-0.2, -0.15) is 0 Å². The highest BCUT2D eigenvalue weighted by Gasteiger charge is 2.24. The zero-order valence-electron chi connectivity index (χ0n) is 31.9. The number of rotatable bonds is 7. The number of anilines is 2. The minimum absolute atomic E-state index is 0.00463. The predicted molar refractivity (Wildman–Crippen MR) is 232 cm³/mol.